The molecule has 0 fully saturated rings. The Morgan fingerprint density at radius 1 is 1.69 bits per heavy atom. The van der Waals surface area contributed by atoms with E-state index in [9.17, 15) is 9.18 Å². The number of carboxylic acids is 1. The van der Waals surface area contributed by atoms with E-state index in [1.165, 1.54) is 11.8 Å². The van der Waals surface area contributed by atoms with Gasteiger partial charge >= 0.3 is 5.97 Å². The van der Waals surface area contributed by atoms with Crippen molar-refractivity contribution in [1.29, 1.82) is 0 Å². The highest BCUT2D eigenvalue weighted by atomic mass is 32.2. The maximum atomic E-state index is 12.8. The number of rotatable bonds is 6. The summed E-state index contributed by atoms with van der Waals surface area (Å²) in [6, 6.07) is 0.980. The molecule has 0 saturated heterocycles. The van der Waals surface area contributed by atoms with Crippen LogP contribution in [-0.4, -0.2) is 35.5 Å². The van der Waals surface area contributed by atoms with Gasteiger partial charge in [0.1, 0.15) is 10.8 Å². The van der Waals surface area contributed by atoms with Crippen LogP contribution in [0, 0.1) is 5.82 Å². The van der Waals surface area contributed by atoms with Crippen molar-refractivity contribution in [2.75, 3.05) is 19.5 Å². The summed E-state index contributed by atoms with van der Waals surface area (Å²) in [5.41, 5.74) is -0.0950. The summed E-state index contributed by atoms with van der Waals surface area (Å²) in [5.74, 6) is -1.12. The van der Waals surface area contributed by atoms with Gasteiger partial charge in [0, 0.05) is 19.5 Å². The Morgan fingerprint density at radius 2 is 2.44 bits per heavy atom. The summed E-state index contributed by atoms with van der Waals surface area (Å²) in [7, 11) is 1.60. The van der Waals surface area contributed by atoms with Crippen LogP contribution in [0.1, 0.15) is 16.8 Å². The Morgan fingerprint density at radius 3 is 3.06 bits per heavy atom. The van der Waals surface area contributed by atoms with Crippen LogP contribution in [0.25, 0.3) is 0 Å². The number of hydrogen-bond acceptors (Lipinski definition) is 4. The normalized spacial score (nSPS) is 10.4. The smallest absolute Gasteiger partial charge is 0.338 e. The predicted octanol–water partition coefficient (Wildman–Crippen LogP) is 2.05. The molecule has 1 heterocycles. The van der Waals surface area contributed by atoms with E-state index in [1.54, 1.807) is 7.11 Å². The van der Waals surface area contributed by atoms with E-state index in [2.05, 4.69) is 4.98 Å². The van der Waals surface area contributed by atoms with Crippen LogP contribution >= 0.6 is 11.8 Å². The second-order valence-electron chi connectivity index (χ2n) is 3.01. The van der Waals surface area contributed by atoms with Gasteiger partial charge in [0.05, 0.1) is 11.8 Å². The van der Waals surface area contributed by atoms with Crippen LogP contribution in [-0.2, 0) is 4.74 Å². The molecule has 1 aromatic rings. The van der Waals surface area contributed by atoms with Crippen LogP contribution in [0.2, 0.25) is 0 Å². The third kappa shape index (κ3) is 3.79. The van der Waals surface area contributed by atoms with Crippen molar-refractivity contribution in [3.63, 3.8) is 0 Å². The van der Waals surface area contributed by atoms with Crippen LogP contribution in [0.5, 0.6) is 0 Å². The first-order chi connectivity index (χ1) is 7.65. The summed E-state index contributed by atoms with van der Waals surface area (Å²) in [5, 5.41) is 9.19. The molecular formula is C10H12FNO3S. The molecule has 1 aromatic heterocycles. The number of ether oxygens (including phenoxy) is 1. The lowest BCUT2D eigenvalue weighted by molar-refractivity contribution is 0.0691. The summed E-state index contributed by atoms with van der Waals surface area (Å²) in [6.07, 6.45) is 1.81. The van der Waals surface area contributed by atoms with E-state index >= 15 is 0 Å². The highest BCUT2D eigenvalue weighted by Gasteiger charge is 2.12. The lowest BCUT2D eigenvalue weighted by atomic mass is 10.3. The zero-order valence-electron chi connectivity index (χ0n) is 8.77. The number of thioether (sulfide) groups is 1. The highest BCUT2D eigenvalue weighted by Crippen LogP contribution is 2.21. The van der Waals surface area contributed by atoms with Crippen LogP contribution in [0.3, 0.4) is 0 Å². The van der Waals surface area contributed by atoms with Crippen molar-refractivity contribution < 1.29 is 19.0 Å². The van der Waals surface area contributed by atoms with Crippen molar-refractivity contribution in [2.45, 2.75) is 11.4 Å². The molecule has 0 amide bonds. The van der Waals surface area contributed by atoms with Gasteiger partial charge in [-0.3, -0.25) is 0 Å². The SMILES string of the molecule is COCCCSc1ncc(F)cc1C(=O)O. The van der Waals surface area contributed by atoms with Gasteiger partial charge in [-0.15, -0.1) is 11.8 Å². The molecule has 0 unspecified atom stereocenters. The van der Waals surface area contributed by atoms with Gasteiger partial charge in [-0.05, 0) is 12.5 Å². The second-order valence-corrected chi connectivity index (χ2v) is 4.09. The lowest BCUT2D eigenvalue weighted by Gasteiger charge is -2.04. The largest absolute Gasteiger partial charge is 0.478 e. The maximum absolute atomic E-state index is 12.8. The molecule has 0 saturated carbocycles. The Labute approximate surface area is 96.8 Å². The van der Waals surface area contributed by atoms with Gasteiger partial charge < -0.3 is 9.84 Å². The molecule has 1 N–H and O–H groups in total. The fraction of sp³-hybridized carbons (Fsp3) is 0.400. The van der Waals surface area contributed by atoms with Gasteiger partial charge in [-0.1, -0.05) is 0 Å². The fourth-order valence-corrected chi connectivity index (χ4v) is 1.95. The molecule has 0 atom stereocenters. The molecule has 0 radical (unpaired) electrons. The molecule has 0 aliphatic heterocycles. The summed E-state index contributed by atoms with van der Waals surface area (Å²) in [4.78, 5) is 14.6. The predicted molar refractivity (Wildman–Crippen MR) is 58.4 cm³/mol. The quantitative estimate of drug-likeness (QED) is 0.614. The van der Waals surface area contributed by atoms with Crippen molar-refractivity contribution in [3.8, 4) is 0 Å². The van der Waals surface area contributed by atoms with Gasteiger partial charge in [0.2, 0.25) is 0 Å². The first kappa shape index (κ1) is 12.9. The van der Waals surface area contributed by atoms with Gasteiger partial charge in [-0.2, -0.15) is 0 Å². The monoisotopic (exact) mass is 245 g/mol. The molecule has 16 heavy (non-hydrogen) atoms. The number of aromatic carboxylic acids is 1. The number of pyridine rings is 1. The van der Waals surface area contributed by atoms with E-state index in [4.69, 9.17) is 9.84 Å². The van der Waals surface area contributed by atoms with Gasteiger partial charge in [0.15, 0.2) is 0 Å². The first-order valence-electron chi connectivity index (χ1n) is 4.65. The first-order valence-corrected chi connectivity index (χ1v) is 5.64. The second kappa shape index (κ2) is 6.44. The molecule has 4 nitrogen and oxygen atoms in total. The zero-order valence-corrected chi connectivity index (χ0v) is 9.59. The van der Waals surface area contributed by atoms with Gasteiger partial charge in [-0.25, -0.2) is 14.2 Å². The van der Waals surface area contributed by atoms with E-state index in [-0.39, 0.29) is 5.56 Å². The fourth-order valence-electron chi connectivity index (χ4n) is 1.07. The molecule has 6 heteroatoms. The minimum atomic E-state index is -1.17. The van der Waals surface area contributed by atoms with Crippen LogP contribution in [0.4, 0.5) is 4.39 Å². The number of carbonyl (C=O) groups is 1. The highest BCUT2D eigenvalue weighted by molar-refractivity contribution is 7.99. The topological polar surface area (TPSA) is 59.4 Å². The molecular weight excluding hydrogens is 233 g/mol. The molecule has 0 aromatic carbocycles. The van der Waals surface area contributed by atoms with E-state index in [0.717, 1.165) is 18.7 Å². The van der Waals surface area contributed by atoms with Gasteiger partial charge in [0.25, 0.3) is 0 Å². The molecule has 0 spiro atoms. The number of methoxy groups -OCH3 is 1. The average molecular weight is 245 g/mol. The third-order valence-corrected chi connectivity index (χ3v) is 2.87. The van der Waals surface area contributed by atoms with E-state index in [0.29, 0.717) is 17.4 Å². The Bertz CT molecular complexity index is 373. The van der Waals surface area contributed by atoms with Crippen molar-refractivity contribution in [3.05, 3.63) is 23.6 Å². The Hall–Kier alpha value is -1.14. The Kier molecular flexibility index (Phi) is 5.21. The number of halogens is 1. The molecule has 88 valence electrons. The molecule has 1 rings (SSSR count). The van der Waals surface area contributed by atoms with Crippen LogP contribution < -0.4 is 0 Å². The summed E-state index contributed by atoms with van der Waals surface area (Å²) < 4.78 is 17.7. The third-order valence-electron chi connectivity index (χ3n) is 1.78. The lowest BCUT2D eigenvalue weighted by Crippen LogP contribution is -2.02. The number of hydrogen-bond donors (Lipinski definition) is 1. The summed E-state index contributed by atoms with van der Waals surface area (Å²) >= 11 is 1.29. The number of nitrogens with zero attached hydrogens (tertiary/aromatic N) is 1. The molecule has 0 aliphatic carbocycles. The number of aromatic nitrogens is 1. The maximum Gasteiger partial charge on any atom is 0.338 e. The number of carboxylic acid groups (broad SMARTS) is 1. The van der Waals surface area contributed by atoms with Crippen molar-refractivity contribution in [2.24, 2.45) is 0 Å². The van der Waals surface area contributed by atoms with Crippen molar-refractivity contribution in [1.82, 2.24) is 4.98 Å². The van der Waals surface area contributed by atoms with E-state index in [1.807, 2.05) is 0 Å². The minimum Gasteiger partial charge on any atom is -0.478 e. The van der Waals surface area contributed by atoms with Crippen molar-refractivity contribution >= 4 is 17.7 Å². The zero-order chi connectivity index (χ0) is 12.0. The van der Waals surface area contributed by atoms with Crippen LogP contribution in [0.15, 0.2) is 17.3 Å². The summed E-state index contributed by atoms with van der Waals surface area (Å²) in [6.45, 7) is 0.608. The average Bonchev–Trinajstić information content (AvgIpc) is 2.26. The molecule has 0 bridgehead atoms. The Balaban J connectivity index is 2.67. The molecule has 0 aliphatic rings. The minimum absolute atomic E-state index is 0.0950. The van der Waals surface area contributed by atoms with E-state index < -0.39 is 11.8 Å². The standard InChI is InChI=1S/C10H12FNO3S/c1-15-3-2-4-16-9-8(10(13)14)5-7(11)6-12-9/h5-6H,2-4H2,1H3,(H,13,14).